The molecule has 0 saturated carbocycles. The summed E-state index contributed by atoms with van der Waals surface area (Å²) in [6, 6.07) is 5.66. The minimum Gasteiger partial charge on any atom is -0.356 e. The summed E-state index contributed by atoms with van der Waals surface area (Å²) in [6.07, 6.45) is 5.20. The number of thioether (sulfide) groups is 1. The van der Waals surface area contributed by atoms with Crippen molar-refractivity contribution in [2.75, 3.05) is 30.3 Å². The monoisotopic (exact) mass is 428 g/mol. The zero-order valence-corrected chi connectivity index (χ0v) is 17.8. The van der Waals surface area contributed by atoms with Crippen molar-refractivity contribution in [3.05, 3.63) is 41.8 Å². The lowest BCUT2D eigenvalue weighted by Gasteiger charge is -2.18. The molecule has 1 aromatic carbocycles. The van der Waals surface area contributed by atoms with Gasteiger partial charge in [0.2, 0.25) is 0 Å². The van der Waals surface area contributed by atoms with Gasteiger partial charge in [-0.3, -0.25) is 4.79 Å². The van der Waals surface area contributed by atoms with Crippen LogP contribution in [0.1, 0.15) is 36.5 Å². The van der Waals surface area contributed by atoms with Crippen LogP contribution in [-0.4, -0.2) is 51.0 Å². The molecule has 7 nitrogen and oxygen atoms in total. The number of hydrogen-bond acceptors (Lipinski definition) is 6. The lowest BCUT2D eigenvalue weighted by atomic mass is 10.2. The zero-order valence-electron chi connectivity index (χ0n) is 17.0. The smallest absolute Gasteiger partial charge is 0.251 e. The molecule has 0 bridgehead atoms. The fraction of sp³-hybridized carbons (Fsp3) is 0.429. The highest BCUT2D eigenvalue weighted by Gasteiger charge is 2.20. The predicted octanol–water partition coefficient (Wildman–Crippen LogP) is 3.50. The largest absolute Gasteiger partial charge is 0.356 e. The fourth-order valence-corrected chi connectivity index (χ4v) is 4.21. The molecule has 1 amide bonds. The van der Waals surface area contributed by atoms with Gasteiger partial charge in [0.1, 0.15) is 11.6 Å². The number of benzene rings is 1. The van der Waals surface area contributed by atoms with Crippen LogP contribution in [0, 0.1) is 5.82 Å². The van der Waals surface area contributed by atoms with Gasteiger partial charge in [0.05, 0.1) is 18.1 Å². The SMILES string of the molecule is CCCSc1nc(N2CCCC2)c2cnn(CCNC(=O)c3cccc(F)c3)c2n1. The Morgan fingerprint density at radius 3 is 2.87 bits per heavy atom. The Balaban J connectivity index is 1.52. The van der Waals surface area contributed by atoms with E-state index in [1.54, 1.807) is 22.5 Å². The molecule has 1 fully saturated rings. The Morgan fingerprint density at radius 2 is 2.10 bits per heavy atom. The molecule has 1 N–H and O–H groups in total. The number of nitrogens with zero attached hydrogens (tertiary/aromatic N) is 5. The number of halogens is 1. The van der Waals surface area contributed by atoms with Crippen molar-refractivity contribution in [3.63, 3.8) is 0 Å². The third-order valence-electron chi connectivity index (χ3n) is 4.99. The highest BCUT2D eigenvalue weighted by molar-refractivity contribution is 7.99. The summed E-state index contributed by atoms with van der Waals surface area (Å²) in [7, 11) is 0. The quantitative estimate of drug-likeness (QED) is 0.437. The number of amides is 1. The predicted molar refractivity (Wildman–Crippen MR) is 117 cm³/mol. The average Bonchev–Trinajstić information content (AvgIpc) is 3.42. The molecular formula is C21H25FN6OS. The second-order valence-corrected chi connectivity index (χ2v) is 8.31. The van der Waals surface area contributed by atoms with E-state index in [4.69, 9.17) is 9.97 Å². The van der Waals surface area contributed by atoms with E-state index >= 15 is 0 Å². The van der Waals surface area contributed by atoms with Crippen LogP contribution < -0.4 is 10.2 Å². The molecule has 3 aromatic rings. The number of hydrogen-bond donors (Lipinski definition) is 1. The van der Waals surface area contributed by atoms with Crippen molar-refractivity contribution in [1.82, 2.24) is 25.1 Å². The molecule has 1 aliphatic heterocycles. The van der Waals surface area contributed by atoms with E-state index in [-0.39, 0.29) is 5.91 Å². The zero-order chi connectivity index (χ0) is 20.9. The molecule has 9 heteroatoms. The van der Waals surface area contributed by atoms with Crippen molar-refractivity contribution >= 4 is 34.5 Å². The molecule has 3 heterocycles. The topological polar surface area (TPSA) is 75.9 Å². The van der Waals surface area contributed by atoms with Gasteiger partial charge in [-0.25, -0.2) is 19.0 Å². The lowest BCUT2D eigenvalue weighted by molar-refractivity contribution is 0.0951. The fourth-order valence-electron chi connectivity index (χ4n) is 3.52. The van der Waals surface area contributed by atoms with Crippen LogP contribution in [0.5, 0.6) is 0 Å². The summed E-state index contributed by atoms with van der Waals surface area (Å²) in [4.78, 5) is 24.1. The highest BCUT2D eigenvalue weighted by atomic mass is 32.2. The van der Waals surface area contributed by atoms with Gasteiger partial charge in [-0.15, -0.1) is 0 Å². The summed E-state index contributed by atoms with van der Waals surface area (Å²) >= 11 is 1.65. The normalized spacial score (nSPS) is 13.9. The Bertz CT molecular complexity index is 1030. The maximum atomic E-state index is 13.3. The standard InChI is InChI=1S/C21H25FN6OS/c1-2-12-30-21-25-18(27-9-3-4-10-27)17-14-24-28(19(17)26-21)11-8-23-20(29)15-6-5-7-16(22)13-15/h5-7,13-14H,2-4,8-12H2,1H3,(H,23,29). The first-order valence-corrected chi connectivity index (χ1v) is 11.3. The van der Waals surface area contributed by atoms with Gasteiger partial charge in [-0.05, 0) is 37.5 Å². The molecule has 4 rings (SSSR count). The van der Waals surface area contributed by atoms with Crippen molar-refractivity contribution in [3.8, 4) is 0 Å². The van der Waals surface area contributed by atoms with Gasteiger partial charge >= 0.3 is 0 Å². The van der Waals surface area contributed by atoms with Gasteiger partial charge < -0.3 is 10.2 Å². The molecule has 0 spiro atoms. The number of rotatable bonds is 8. The summed E-state index contributed by atoms with van der Waals surface area (Å²) in [5.41, 5.74) is 1.09. The van der Waals surface area contributed by atoms with Crippen molar-refractivity contribution < 1.29 is 9.18 Å². The summed E-state index contributed by atoms with van der Waals surface area (Å²) < 4.78 is 15.1. The molecule has 0 unspecified atom stereocenters. The molecule has 0 aliphatic carbocycles. The number of carbonyl (C=O) groups excluding carboxylic acids is 1. The van der Waals surface area contributed by atoms with E-state index in [2.05, 4.69) is 22.2 Å². The minimum atomic E-state index is -0.427. The maximum Gasteiger partial charge on any atom is 0.251 e. The van der Waals surface area contributed by atoms with E-state index < -0.39 is 5.82 Å². The Kier molecular flexibility index (Phi) is 6.47. The third kappa shape index (κ3) is 4.56. The molecule has 158 valence electrons. The van der Waals surface area contributed by atoms with Gasteiger partial charge in [0, 0.05) is 31.0 Å². The summed E-state index contributed by atoms with van der Waals surface area (Å²) in [6.45, 7) is 4.97. The van der Waals surface area contributed by atoms with Crippen molar-refractivity contribution in [2.45, 2.75) is 37.9 Å². The molecule has 2 aromatic heterocycles. The third-order valence-corrected chi connectivity index (χ3v) is 6.05. The molecule has 1 aliphatic rings. The second-order valence-electron chi connectivity index (χ2n) is 7.24. The number of anilines is 1. The molecule has 0 atom stereocenters. The van der Waals surface area contributed by atoms with Crippen molar-refractivity contribution in [1.29, 1.82) is 0 Å². The number of aromatic nitrogens is 4. The van der Waals surface area contributed by atoms with Crippen molar-refractivity contribution in [2.24, 2.45) is 0 Å². The number of nitrogens with one attached hydrogen (secondary N) is 1. The van der Waals surface area contributed by atoms with Crippen LogP contribution in [0.25, 0.3) is 11.0 Å². The van der Waals surface area contributed by atoms with E-state index in [0.717, 1.165) is 47.3 Å². The molecule has 30 heavy (non-hydrogen) atoms. The van der Waals surface area contributed by atoms with E-state index in [1.807, 2.05) is 6.20 Å². The van der Waals surface area contributed by atoms with E-state index in [1.165, 1.54) is 31.0 Å². The van der Waals surface area contributed by atoms with Crippen LogP contribution >= 0.6 is 11.8 Å². The van der Waals surface area contributed by atoms with Gasteiger partial charge in [-0.2, -0.15) is 5.10 Å². The Hall–Kier alpha value is -2.68. The lowest BCUT2D eigenvalue weighted by Crippen LogP contribution is -2.27. The highest BCUT2D eigenvalue weighted by Crippen LogP contribution is 2.29. The van der Waals surface area contributed by atoms with Crippen LogP contribution in [0.15, 0.2) is 35.6 Å². The first-order valence-electron chi connectivity index (χ1n) is 10.3. The Labute approximate surface area is 179 Å². The number of fused-ring (bicyclic) bond motifs is 1. The maximum absolute atomic E-state index is 13.3. The van der Waals surface area contributed by atoms with Crippen LogP contribution in [-0.2, 0) is 6.54 Å². The molecule has 1 saturated heterocycles. The van der Waals surface area contributed by atoms with E-state index in [0.29, 0.717) is 18.7 Å². The summed E-state index contributed by atoms with van der Waals surface area (Å²) in [5.74, 6) is 1.18. The van der Waals surface area contributed by atoms with Gasteiger partial charge in [0.25, 0.3) is 5.91 Å². The minimum absolute atomic E-state index is 0.303. The van der Waals surface area contributed by atoms with Crippen LogP contribution in [0.2, 0.25) is 0 Å². The van der Waals surface area contributed by atoms with Gasteiger partial charge in [-0.1, -0.05) is 24.8 Å². The first-order chi connectivity index (χ1) is 14.7. The van der Waals surface area contributed by atoms with Crippen LogP contribution in [0.3, 0.4) is 0 Å². The average molecular weight is 429 g/mol. The molecule has 0 radical (unpaired) electrons. The molecular weight excluding hydrogens is 403 g/mol. The Morgan fingerprint density at radius 1 is 1.27 bits per heavy atom. The number of carbonyl (C=O) groups is 1. The second kappa shape index (κ2) is 9.42. The first kappa shape index (κ1) is 20.6. The van der Waals surface area contributed by atoms with Crippen LogP contribution in [0.4, 0.5) is 10.2 Å². The van der Waals surface area contributed by atoms with E-state index in [9.17, 15) is 9.18 Å². The summed E-state index contributed by atoms with van der Waals surface area (Å²) in [5, 5.41) is 9.02. The van der Waals surface area contributed by atoms with Gasteiger partial charge in [0.15, 0.2) is 10.8 Å².